The summed E-state index contributed by atoms with van der Waals surface area (Å²) in [6, 6.07) is 0. The number of hydrogen-bond acceptors (Lipinski definition) is 0. The fourth-order valence-electron chi connectivity index (χ4n) is 0.952. The normalized spacial score (nSPS) is 15.3. The van der Waals surface area contributed by atoms with Gasteiger partial charge in [0.15, 0.2) is 0 Å². The maximum absolute atomic E-state index is 6.78. The summed E-state index contributed by atoms with van der Waals surface area (Å²) in [5.74, 6) is 2.42. The van der Waals surface area contributed by atoms with Crippen LogP contribution in [0.25, 0.3) is 0 Å². The molecule has 0 aliphatic heterocycles. The van der Waals surface area contributed by atoms with Gasteiger partial charge >= 0.3 is 23.1 Å². The molecule has 0 unspecified atom stereocenters. The molecule has 0 N–H and O–H groups in total. The molecule has 10 heavy (non-hydrogen) atoms. The monoisotopic (exact) mass is 208 g/mol. The van der Waals surface area contributed by atoms with E-state index in [-0.39, 0.29) is 40.0 Å². The number of rotatable bonds is 0. The van der Waals surface area contributed by atoms with Crippen LogP contribution in [0, 0.1) is 12.3 Å². The van der Waals surface area contributed by atoms with Gasteiger partial charge in [0.25, 0.3) is 0 Å². The van der Waals surface area contributed by atoms with Gasteiger partial charge in [-0.25, -0.2) is 0 Å². The predicted molar refractivity (Wildman–Crippen MR) is 39.4 cm³/mol. The Morgan fingerprint density at radius 1 is 1.40 bits per heavy atom. The van der Waals surface area contributed by atoms with Gasteiger partial charge in [0, 0.05) is 0 Å². The molecular formula is C8H9BrMg. The zero-order valence-corrected chi connectivity index (χ0v) is 8.99. The minimum absolute atomic E-state index is 0. The zero-order valence-electron chi connectivity index (χ0n) is 5.99. The predicted octanol–water partition coefficient (Wildman–Crippen LogP) is -1.30. The van der Waals surface area contributed by atoms with Crippen LogP contribution in [0.2, 0.25) is 0 Å². The van der Waals surface area contributed by atoms with E-state index >= 15 is 0 Å². The van der Waals surface area contributed by atoms with Crippen molar-refractivity contribution in [3.8, 4) is 5.92 Å². The van der Waals surface area contributed by atoms with E-state index in [0.29, 0.717) is 0 Å². The molecule has 0 spiro atoms. The number of allylic oxidation sites excluding steroid dienone is 2. The molecule has 2 heteroatoms. The first-order valence-corrected chi connectivity index (χ1v) is 3.05. The average molecular weight is 209 g/mol. The summed E-state index contributed by atoms with van der Waals surface area (Å²) in [6.07, 6.45) is 13.7. The Morgan fingerprint density at radius 2 is 2.10 bits per heavy atom. The van der Waals surface area contributed by atoms with E-state index in [4.69, 9.17) is 6.42 Å². The van der Waals surface area contributed by atoms with Gasteiger partial charge in [0.05, 0.1) is 0 Å². The van der Waals surface area contributed by atoms with Gasteiger partial charge in [0.2, 0.25) is 0 Å². The molecule has 0 aromatic heterocycles. The summed E-state index contributed by atoms with van der Waals surface area (Å²) in [7, 11) is 0. The van der Waals surface area contributed by atoms with Crippen molar-refractivity contribution >= 4 is 23.1 Å². The maximum Gasteiger partial charge on any atom is 2.00 e. The first-order chi connectivity index (χ1) is 3.93. The van der Waals surface area contributed by atoms with Gasteiger partial charge in [-0.05, 0) is 0 Å². The molecule has 1 aliphatic carbocycles. The molecule has 1 rings (SSSR count). The van der Waals surface area contributed by atoms with Gasteiger partial charge < -0.3 is 23.4 Å². The zero-order chi connectivity index (χ0) is 5.82. The molecule has 0 atom stereocenters. The van der Waals surface area contributed by atoms with Gasteiger partial charge in [0.1, 0.15) is 0 Å². The third-order valence-electron chi connectivity index (χ3n) is 1.45. The van der Waals surface area contributed by atoms with E-state index in [2.05, 4.69) is 12.0 Å². The van der Waals surface area contributed by atoms with E-state index in [1.54, 1.807) is 0 Å². The van der Waals surface area contributed by atoms with Crippen molar-refractivity contribution in [2.24, 2.45) is 0 Å². The molecule has 0 aromatic carbocycles. The first kappa shape index (κ1) is 13.2. The molecule has 0 aromatic rings. The molecule has 0 amide bonds. The van der Waals surface area contributed by atoms with Gasteiger partial charge in [-0.2, -0.15) is 11.6 Å². The summed E-state index contributed by atoms with van der Waals surface area (Å²) in [5, 5.41) is 0. The minimum atomic E-state index is 0. The van der Waals surface area contributed by atoms with Crippen molar-refractivity contribution in [2.75, 3.05) is 0 Å². The van der Waals surface area contributed by atoms with Crippen molar-refractivity contribution in [3.05, 3.63) is 18.1 Å². The quantitative estimate of drug-likeness (QED) is 0.264. The first-order valence-electron chi connectivity index (χ1n) is 3.05. The van der Waals surface area contributed by atoms with E-state index in [9.17, 15) is 0 Å². The van der Waals surface area contributed by atoms with Crippen LogP contribution in [0.15, 0.2) is 11.6 Å². The van der Waals surface area contributed by atoms with Crippen LogP contribution >= 0.6 is 0 Å². The van der Waals surface area contributed by atoms with Crippen LogP contribution < -0.4 is 17.0 Å². The van der Waals surface area contributed by atoms with Crippen LogP contribution in [0.1, 0.15) is 25.7 Å². The molecule has 50 valence electrons. The van der Waals surface area contributed by atoms with Crippen molar-refractivity contribution in [1.29, 1.82) is 0 Å². The van der Waals surface area contributed by atoms with E-state index in [1.807, 2.05) is 0 Å². The SMILES string of the molecule is [Br-].[C-]#CC1=CCCCC1.[Mg+2]. The molecule has 1 aliphatic rings. The average Bonchev–Trinajstić information content (AvgIpc) is 1.90. The van der Waals surface area contributed by atoms with Crippen molar-refractivity contribution in [3.63, 3.8) is 0 Å². The molecule has 0 bridgehead atoms. The van der Waals surface area contributed by atoms with E-state index in [1.165, 1.54) is 12.8 Å². The molecule has 0 fully saturated rings. The Labute approximate surface area is 89.4 Å². The smallest absolute Gasteiger partial charge is 1.00 e. The second-order valence-corrected chi connectivity index (χ2v) is 2.10. The standard InChI is InChI=1S/C8H9.BrH.Mg/c1-2-8-6-4-3-5-7-8;;/h6H,3-5,7H2;1H;/q-1;;+2/p-1. The van der Waals surface area contributed by atoms with Gasteiger partial charge in [-0.1, -0.05) is 25.7 Å². The molecule has 0 saturated carbocycles. The van der Waals surface area contributed by atoms with Crippen LogP contribution in [0.3, 0.4) is 0 Å². The second-order valence-electron chi connectivity index (χ2n) is 2.10. The summed E-state index contributed by atoms with van der Waals surface area (Å²) in [4.78, 5) is 0. The van der Waals surface area contributed by atoms with E-state index in [0.717, 1.165) is 18.4 Å². The number of halogens is 1. The van der Waals surface area contributed by atoms with Gasteiger partial charge in [-0.3, -0.25) is 5.92 Å². The van der Waals surface area contributed by atoms with Crippen LogP contribution in [0.5, 0.6) is 0 Å². The molecule has 0 heterocycles. The largest absolute Gasteiger partial charge is 2.00 e. The summed E-state index contributed by atoms with van der Waals surface area (Å²) in [5.41, 5.74) is 1.09. The Balaban J connectivity index is 0. The fraction of sp³-hybridized carbons (Fsp3) is 0.500. The summed E-state index contributed by atoms with van der Waals surface area (Å²) >= 11 is 0. The molecular weight excluding hydrogens is 200 g/mol. The Bertz CT molecular complexity index is 144. The number of hydrogen-bond donors (Lipinski definition) is 0. The Morgan fingerprint density at radius 3 is 2.40 bits per heavy atom. The molecule has 0 radical (unpaired) electrons. The summed E-state index contributed by atoms with van der Waals surface area (Å²) < 4.78 is 0. The molecule has 0 saturated heterocycles. The minimum Gasteiger partial charge on any atom is -1.00 e. The summed E-state index contributed by atoms with van der Waals surface area (Å²) in [6.45, 7) is 0. The van der Waals surface area contributed by atoms with Crippen molar-refractivity contribution < 1.29 is 17.0 Å². The molecule has 0 nitrogen and oxygen atoms in total. The Hall–Kier alpha value is 0.546. The van der Waals surface area contributed by atoms with Crippen molar-refractivity contribution in [1.82, 2.24) is 0 Å². The van der Waals surface area contributed by atoms with Crippen molar-refractivity contribution in [2.45, 2.75) is 25.7 Å². The van der Waals surface area contributed by atoms with Crippen LogP contribution in [-0.4, -0.2) is 23.1 Å². The topological polar surface area (TPSA) is 0 Å². The van der Waals surface area contributed by atoms with Crippen LogP contribution in [0.4, 0.5) is 0 Å². The third-order valence-corrected chi connectivity index (χ3v) is 1.45. The fourth-order valence-corrected chi connectivity index (χ4v) is 0.952. The third kappa shape index (κ3) is 4.38. The van der Waals surface area contributed by atoms with E-state index < -0.39 is 0 Å². The van der Waals surface area contributed by atoms with Gasteiger partial charge in [-0.15, -0.1) is 0 Å². The Kier molecular flexibility index (Phi) is 10.1. The maximum atomic E-state index is 6.78. The second kappa shape index (κ2) is 7.65. The van der Waals surface area contributed by atoms with Crippen LogP contribution in [-0.2, 0) is 0 Å².